The number of benzene rings is 3. The zero-order valence-electron chi connectivity index (χ0n) is 27.1. The molecule has 0 spiro atoms. The van der Waals surface area contributed by atoms with Gasteiger partial charge in [-0.2, -0.15) is 13.2 Å². The molecule has 0 saturated carbocycles. The molecule has 1 amide bonds. The van der Waals surface area contributed by atoms with Gasteiger partial charge in [0.05, 0.1) is 47.6 Å². The fourth-order valence-electron chi connectivity index (χ4n) is 6.99. The van der Waals surface area contributed by atoms with Gasteiger partial charge in [0.1, 0.15) is 0 Å². The quantitative estimate of drug-likeness (QED) is 0.215. The Morgan fingerprint density at radius 1 is 0.760 bits per heavy atom. The van der Waals surface area contributed by atoms with Crippen LogP contribution in [-0.4, -0.2) is 89.3 Å². The summed E-state index contributed by atoms with van der Waals surface area (Å²) in [5.74, 6) is -0.0324. The van der Waals surface area contributed by atoms with E-state index in [-0.39, 0.29) is 36.9 Å². The topological polar surface area (TPSA) is 83.8 Å². The van der Waals surface area contributed by atoms with Crippen molar-refractivity contribution in [2.75, 3.05) is 63.9 Å². The third-order valence-corrected chi connectivity index (χ3v) is 9.62. The number of ether oxygens (including phenoxy) is 1. The molecular weight excluding hydrogens is 645 g/mol. The minimum Gasteiger partial charge on any atom is -0.379 e. The molecule has 0 radical (unpaired) electrons. The Labute approximate surface area is 285 Å². The minimum atomic E-state index is -4.69. The van der Waals surface area contributed by atoms with Gasteiger partial charge in [0, 0.05) is 85.1 Å². The molecule has 2 aliphatic rings. The zero-order valence-corrected chi connectivity index (χ0v) is 27.1. The molecule has 50 heavy (non-hydrogen) atoms. The highest BCUT2D eigenvalue weighted by Gasteiger charge is 2.36. The Bertz CT molecular complexity index is 2310. The number of fused-ring (bicyclic) bond motifs is 4. The standard InChI is InChI=1S/C38H33F3N6O3/c39-38(40,41)31-21-29(7-9-34(31)45-11-13-46(14-12-45)36(49)24-44-15-17-50-18-16-44)47-35(48)10-6-27-22-43-33-8-5-25(20-30(33)37(27)47)28-19-26-3-1-2-4-32(26)42-23-28/h1-10,19-23H,11-18,24H2. The fraction of sp³-hybridized carbons (Fsp3) is 0.263. The number of halogens is 3. The van der Waals surface area contributed by atoms with Crippen molar-refractivity contribution < 1.29 is 22.7 Å². The normalized spacial score (nSPS) is 16.1. The lowest BCUT2D eigenvalue weighted by Crippen LogP contribution is -2.52. The molecule has 12 heteroatoms. The first-order valence-electron chi connectivity index (χ1n) is 16.6. The molecule has 254 valence electrons. The summed E-state index contributed by atoms with van der Waals surface area (Å²) in [6.07, 6.45) is -1.28. The molecule has 8 rings (SSSR count). The monoisotopic (exact) mass is 678 g/mol. The predicted molar refractivity (Wildman–Crippen MR) is 187 cm³/mol. The number of hydrogen-bond donors (Lipinski definition) is 0. The molecule has 2 fully saturated rings. The van der Waals surface area contributed by atoms with Gasteiger partial charge in [-0.15, -0.1) is 0 Å². The number of piperazine rings is 1. The van der Waals surface area contributed by atoms with Crippen molar-refractivity contribution in [1.29, 1.82) is 0 Å². The van der Waals surface area contributed by atoms with Crippen LogP contribution in [0.4, 0.5) is 18.9 Å². The molecule has 0 unspecified atom stereocenters. The minimum absolute atomic E-state index is 0.0208. The van der Waals surface area contributed by atoms with Gasteiger partial charge in [0.2, 0.25) is 5.91 Å². The van der Waals surface area contributed by atoms with Crippen LogP contribution in [0.2, 0.25) is 0 Å². The summed E-state index contributed by atoms with van der Waals surface area (Å²) < 4.78 is 51.0. The summed E-state index contributed by atoms with van der Waals surface area (Å²) in [5.41, 5.74) is 2.44. The van der Waals surface area contributed by atoms with Gasteiger partial charge < -0.3 is 14.5 Å². The van der Waals surface area contributed by atoms with Crippen LogP contribution in [0, 0.1) is 0 Å². The Kier molecular flexibility index (Phi) is 8.20. The lowest BCUT2D eigenvalue weighted by atomic mass is 10.0. The lowest BCUT2D eigenvalue weighted by molar-refractivity contribution is -0.137. The maximum Gasteiger partial charge on any atom is 0.418 e. The predicted octanol–water partition coefficient (Wildman–Crippen LogP) is 5.75. The number of amides is 1. The van der Waals surface area contributed by atoms with Crippen molar-refractivity contribution in [3.63, 3.8) is 0 Å². The van der Waals surface area contributed by atoms with Crippen molar-refractivity contribution in [3.8, 4) is 16.8 Å². The van der Waals surface area contributed by atoms with E-state index in [2.05, 4.69) is 9.97 Å². The summed E-state index contributed by atoms with van der Waals surface area (Å²) in [5, 5.41) is 2.21. The number of aromatic nitrogens is 3. The number of morpholine rings is 1. The van der Waals surface area contributed by atoms with Gasteiger partial charge in [-0.1, -0.05) is 24.3 Å². The fourth-order valence-corrected chi connectivity index (χ4v) is 6.99. The van der Waals surface area contributed by atoms with Gasteiger partial charge in [-0.25, -0.2) is 0 Å². The molecule has 0 N–H and O–H groups in total. The van der Waals surface area contributed by atoms with Gasteiger partial charge in [-0.05, 0) is 54.1 Å². The molecule has 0 aliphatic carbocycles. The van der Waals surface area contributed by atoms with Crippen molar-refractivity contribution in [2.24, 2.45) is 0 Å². The van der Waals surface area contributed by atoms with Gasteiger partial charge >= 0.3 is 6.18 Å². The molecule has 0 atom stereocenters. The third-order valence-electron chi connectivity index (χ3n) is 9.62. The highest BCUT2D eigenvalue weighted by molar-refractivity contribution is 6.05. The Morgan fingerprint density at radius 3 is 2.34 bits per heavy atom. The molecule has 3 aromatic heterocycles. The van der Waals surface area contributed by atoms with Crippen LogP contribution in [0.25, 0.3) is 49.5 Å². The average molecular weight is 679 g/mol. The largest absolute Gasteiger partial charge is 0.418 e. The number of pyridine rings is 3. The van der Waals surface area contributed by atoms with Crippen LogP contribution in [0.3, 0.4) is 0 Å². The lowest BCUT2D eigenvalue weighted by Gasteiger charge is -2.38. The van der Waals surface area contributed by atoms with E-state index in [1.165, 1.54) is 16.7 Å². The molecule has 3 aromatic carbocycles. The number of rotatable bonds is 5. The molecule has 5 heterocycles. The number of carbonyl (C=O) groups is 1. The van der Waals surface area contributed by atoms with Crippen molar-refractivity contribution >= 4 is 44.3 Å². The molecular formula is C38H33F3N6O3. The summed E-state index contributed by atoms with van der Waals surface area (Å²) >= 11 is 0. The molecule has 0 bridgehead atoms. The van der Waals surface area contributed by atoms with Crippen LogP contribution in [0.5, 0.6) is 0 Å². The zero-order chi connectivity index (χ0) is 34.4. The van der Waals surface area contributed by atoms with Gasteiger partial charge in [0.15, 0.2) is 0 Å². The van der Waals surface area contributed by atoms with Crippen LogP contribution in [-0.2, 0) is 15.7 Å². The van der Waals surface area contributed by atoms with E-state index in [1.807, 2.05) is 53.4 Å². The highest BCUT2D eigenvalue weighted by atomic mass is 19.4. The van der Waals surface area contributed by atoms with Crippen LogP contribution >= 0.6 is 0 Å². The Morgan fingerprint density at radius 2 is 1.54 bits per heavy atom. The number of hydrogen-bond acceptors (Lipinski definition) is 7. The van der Waals surface area contributed by atoms with Crippen LogP contribution in [0.15, 0.2) is 96.1 Å². The van der Waals surface area contributed by atoms with Crippen LogP contribution in [0.1, 0.15) is 5.56 Å². The molecule has 2 aliphatic heterocycles. The molecule has 9 nitrogen and oxygen atoms in total. The van der Waals surface area contributed by atoms with Crippen molar-refractivity contribution in [3.05, 3.63) is 107 Å². The molecule has 2 saturated heterocycles. The number of nitrogens with zero attached hydrogens (tertiary/aromatic N) is 6. The number of carbonyl (C=O) groups excluding carboxylic acids is 1. The maximum absolute atomic E-state index is 14.8. The summed E-state index contributed by atoms with van der Waals surface area (Å²) in [4.78, 5) is 41.1. The summed E-state index contributed by atoms with van der Waals surface area (Å²) in [6.45, 7) is 3.96. The maximum atomic E-state index is 14.8. The summed E-state index contributed by atoms with van der Waals surface area (Å²) in [6, 6.07) is 22.5. The van der Waals surface area contributed by atoms with E-state index in [0.29, 0.717) is 61.2 Å². The first-order chi connectivity index (χ1) is 24.2. The van der Waals surface area contributed by atoms with Gasteiger partial charge in [0.25, 0.3) is 5.56 Å². The smallest absolute Gasteiger partial charge is 0.379 e. The Balaban J connectivity index is 1.16. The number of alkyl halides is 3. The van der Waals surface area contributed by atoms with Crippen LogP contribution < -0.4 is 10.5 Å². The van der Waals surface area contributed by atoms with Crippen molar-refractivity contribution in [2.45, 2.75) is 6.18 Å². The highest BCUT2D eigenvalue weighted by Crippen LogP contribution is 2.39. The van der Waals surface area contributed by atoms with E-state index in [4.69, 9.17) is 4.74 Å². The summed E-state index contributed by atoms with van der Waals surface area (Å²) in [7, 11) is 0. The van der Waals surface area contributed by atoms with E-state index in [1.54, 1.807) is 34.3 Å². The SMILES string of the molecule is O=C(CN1CCOCC1)N1CCN(c2ccc(-n3c(=O)ccc4cnc5ccc(-c6cnc7ccccc7c6)cc5c43)cc2C(F)(F)F)CC1. The Hall–Kier alpha value is -5.33. The van der Waals surface area contributed by atoms with E-state index < -0.39 is 17.3 Å². The molecule has 6 aromatic rings. The van der Waals surface area contributed by atoms with E-state index in [9.17, 15) is 22.8 Å². The van der Waals surface area contributed by atoms with E-state index in [0.717, 1.165) is 28.1 Å². The van der Waals surface area contributed by atoms with E-state index >= 15 is 0 Å². The second-order valence-electron chi connectivity index (χ2n) is 12.7. The first-order valence-corrected chi connectivity index (χ1v) is 16.6. The average Bonchev–Trinajstić information content (AvgIpc) is 3.14. The third kappa shape index (κ3) is 6.05. The number of para-hydroxylation sites is 1. The van der Waals surface area contributed by atoms with Crippen molar-refractivity contribution in [1.82, 2.24) is 24.3 Å². The first kappa shape index (κ1) is 31.9. The van der Waals surface area contributed by atoms with Gasteiger partial charge in [-0.3, -0.25) is 29.0 Å². The number of anilines is 1. The second kappa shape index (κ2) is 12.8. The second-order valence-corrected chi connectivity index (χ2v) is 12.7.